The van der Waals surface area contributed by atoms with E-state index in [1.54, 1.807) is 0 Å². The first-order valence-electron chi connectivity index (χ1n) is 34.3. The van der Waals surface area contributed by atoms with Crippen LogP contribution in [0.1, 0.15) is 79.0 Å². The van der Waals surface area contributed by atoms with Gasteiger partial charge in [-0.25, -0.2) is 0 Å². The third kappa shape index (κ3) is 9.40. The van der Waals surface area contributed by atoms with Crippen molar-refractivity contribution in [2.45, 2.75) is 88.3 Å². The molecule has 0 saturated carbocycles. The summed E-state index contributed by atoms with van der Waals surface area (Å²) in [5.41, 5.74) is 27.8. The lowest BCUT2D eigenvalue weighted by atomic mass is 9.34. The Morgan fingerprint density at radius 2 is 0.711 bits per heavy atom. The number of fused-ring (bicyclic) bond motifs is 12. The molecule has 2 aromatic heterocycles. The number of benzene rings is 14. The summed E-state index contributed by atoms with van der Waals surface area (Å²) in [6.07, 6.45) is 0. The Bertz CT molecular complexity index is 5670. The van der Waals surface area contributed by atoms with Gasteiger partial charge in [0.1, 0.15) is 0 Å². The molecule has 5 heteroatoms. The zero-order chi connectivity index (χ0) is 65.8. The fraction of sp³-hybridized carbons (Fsp3) is 0.130. The summed E-state index contributed by atoms with van der Waals surface area (Å²) in [4.78, 5) is 5.23. The first-order chi connectivity index (χ1) is 47.0. The van der Waals surface area contributed by atoms with Gasteiger partial charge in [0.25, 0.3) is 0 Å². The average molecular weight is 1260 g/mol. The van der Waals surface area contributed by atoms with Gasteiger partial charge in [-0.15, -0.1) is 0 Å². The minimum absolute atomic E-state index is 0.0135. The van der Waals surface area contributed by atoms with Crippen molar-refractivity contribution < 1.29 is 0 Å². The average Bonchev–Trinajstić information content (AvgIpc) is 0.816. The number of hydrogen-bond acceptors (Lipinski definition) is 2. The van der Waals surface area contributed by atoms with Crippen LogP contribution in [0.2, 0.25) is 0 Å². The smallest absolute Gasteiger partial charge is 0.249 e. The second kappa shape index (κ2) is 22.0. The van der Waals surface area contributed by atoms with Crippen molar-refractivity contribution in [3.8, 4) is 55.9 Å². The van der Waals surface area contributed by atoms with Crippen LogP contribution in [0.4, 0.5) is 17.1 Å². The van der Waals surface area contributed by atoms with Gasteiger partial charge in [-0.2, -0.15) is 0 Å². The van der Waals surface area contributed by atoms with Crippen molar-refractivity contribution >= 4 is 117 Å². The molecule has 0 radical (unpaired) electrons. The molecule has 0 atom stereocenters. The van der Waals surface area contributed by atoms with Crippen LogP contribution in [0, 0.1) is 0 Å². The van der Waals surface area contributed by atoms with Gasteiger partial charge in [0, 0.05) is 65.2 Å². The lowest BCUT2D eigenvalue weighted by molar-refractivity contribution is 0.590. The van der Waals surface area contributed by atoms with Crippen LogP contribution >= 0.6 is 11.8 Å². The van der Waals surface area contributed by atoms with Crippen LogP contribution in [0.5, 0.6) is 0 Å². The Labute approximate surface area is 573 Å². The maximum atomic E-state index is 2.72. The molecule has 18 rings (SSSR count). The van der Waals surface area contributed by atoms with E-state index in [1.807, 2.05) is 11.8 Å². The largest absolute Gasteiger partial charge is 0.310 e. The van der Waals surface area contributed by atoms with E-state index in [0.717, 1.165) is 22.7 Å². The maximum Gasteiger partial charge on any atom is 0.249 e. The van der Waals surface area contributed by atoms with E-state index in [9.17, 15) is 0 Å². The first kappa shape index (κ1) is 59.0. The Morgan fingerprint density at radius 1 is 0.289 bits per heavy atom. The molecule has 0 fully saturated rings. The summed E-state index contributed by atoms with van der Waals surface area (Å²) in [5, 5.41) is 9.98. The molecule has 0 N–H and O–H groups in total. The van der Waals surface area contributed by atoms with Crippen molar-refractivity contribution in [1.29, 1.82) is 0 Å². The van der Waals surface area contributed by atoms with Gasteiger partial charge in [0.15, 0.2) is 0 Å². The summed E-state index contributed by atoms with van der Waals surface area (Å²) in [7, 11) is 0. The lowest BCUT2D eigenvalue weighted by Crippen LogP contribution is -2.60. The SMILES string of the molecule is CC(C)(C)c1cc(-c2ccccc2)c(N2c3cc(-c4c5ccccc5c(-c5ccccc5)c5ccccc45)ccc3B3c4ccc(-n5c6ccc(C(C)(C)C)cc6c6cc(C(C)(C)C)ccc65)cc4Sc4cc(-n5c6ccccc6c6ccccc65)cc2c43)c(-c2ccccc2)c1. The molecule has 0 saturated heterocycles. The predicted molar refractivity (Wildman–Crippen MR) is 418 cm³/mol. The van der Waals surface area contributed by atoms with E-state index in [-0.39, 0.29) is 23.0 Å². The Kier molecular flexibility index (Phi) is 13.4. The third-order valence-electron chi connectivity index (χ3n) is 21.0. The maximum absolute atomic E-state index is 2.72. The van der Waals surface area contributed by atoms with Crippen LogP contribution in [0.25, 0.3) is 121 Å². The topological polar surface area (TPSA) is 13.1 Å². The van der Waals surface area contributed by atoms with E-state index in [0.29, 0.717) is 0 Å². The molecule has 0 aliphatic carbocycles. The van der Waals surface area contributed by atoms with Gasteiger partial charge in [-0.1, -0.05) is 286 Å². The highest BCUT2D eigenvalue weighted by molar-refractivity contribution is 8.00. The van der Waals surface area contributed by atoms with Crippen molar-refractivity contribution in [2.75, 3.05) is 4.90 Å². The Hall–Kier alpha value is -10.6. The second-order valence-electron chi connectivity index (χ2n) is 30.0. The fourth-order valence-electron chi connectivity index (χ4n) is 16.2. The molecule has 14 aromatic carbocycles. The standard InChI is InChI=1S/C92H74BN3S/c1-90(2,3)61-42-47-80-74(50-61)75-51-62(91(4,5)6)43-48-81(75)94(80)64-44-46-77-84(55-64)97-85-56-65(95-78-39-25-23-33-66(78)67-34-24-26-40-79(67)95)54-83-88(85)93(77)76-45-41-60(87-70-37-21-19-35-68(70)86(59-31-17-12-18-32-59)69-36-20-22-38-71(69)87)49-82(76)96(83)89-72(57-27-13-10-14-28-57)52-63(92(7,8)9)53-73(89)58-29-15-11-16-30-58/h10-56H,1-9H3. The molecular weight excluding hydrogens is 1190 g/mol. The van der Waals surface area contributed by atoms with Crippen molar-refractivity contribution in [2.24, 2.45) is 0 Å². The van der Waals surface area contributed by atoms with Crippen molar-refractivity contribution in [3.05, 3.63) is 302 Å². The minimum atomic E-state index is -0.170. The predicted octanol–water partition coefficient (Wildman–Crippen LogP) is 23.5. The van der Waals surface area contributed by atoms with Crippen LogP contribution in [-0.4, -0.2) is 15.8 Å². The van der Waals surface area contributed by atoms with Gasteiger partial charge >= 0.3 is 0 Å². The molecule has 0 bridgehead atoms. The number of anilines is 3. The van der Waals surface area contributed by atoms with E-state index in [2.05, 4.69) is 361 Å². The zero-order valence-electron chi connectivity index (χ0n) is 56.5. The van der Waals surface area contributed by atoms with Gasteiger partial charge < -0.3 is 14.0 Å². The summed E-state index contributed by atoms with van der Waals surface area (Å²) < 4.78 is 5.08. The van der Waals surface area contributed by atoms with E-state index in [4.69, 9.17) is 0 Å². The highest BCUT2D eigenvalue weighted by Crippen LogP contribution is 2.54. The fourth-order valence-corrected chi connectivity index (χ4v) is 17.4. The molecule has 16 aromatic rings. The van der Waals surface area contributed by atoms with Crippen LogP contribution in [0.3, 0.4) is 0 Å². The lowest BCUT2D eigenvalue weighted by Gasteiger charge is -2.42. The van der Waals surface area contributed by atoms with E-state index in [1.165, 1.54) is 158 Å². The molecule has 0 amide bonds. The highest BCUT2D eigenvalue weighted by atomic mass is 32.2. The second-order valence-corrected chi connectivity index (χ2v) is 31.1. The third-order valence-corrected chi connectivity index (χ3v) is 22.1. The van der Waals surface area contributed by atoms with Gasteiger partial charge in [0.2, 0.25) is 6.71 Å². The minimum Gasteiger partial charge on any atom is -0.310 e. The molecule has 0 spiro atoms. The zero-order valence-corrected chi connectivity index (χ0v) is 57.3. The highest BCUT2D eigenvalue weighted by Gasteiger charge is 2.44. The summed E-state index contributed by atoms with van der Waals surface area (Å²) >= 11 is 1.93. The monoisotopic (exact) mass is 1260 g/mol. The van der Waals surface area contributed by atoms with Gasteiger partial charge in [-0.3, -0.25) is 0 Å². The number of rotatable bonds is 7. The van der Waals surface area contributed by atoms with Crippen LogP contribution in [-0.2, 0) is 16.2 Å². The molecule has 4 heterocycles. The Morgan fingerprint density at radius 3 is 1.22 bits per heavy atom. The number of para-hydroxylation sites is 2. The van der Waals surface area contributed by atoms with Gasteiger partial charge in [0.05, 0.1) is 27.8 Å². The molecule has 2 aliphatic heterocycles. The van der Waals surface area contributed by atoms with E-state index < -0.39 is 0 Å². The molecule has 3 nitrogen and oxygen atoms in total. The molecule has 466 valence electrons. The summed E-state index contributed by atoms with van der Waals surface area (Å²) in [6, 6.07) is 109. The molecule has 2 aliphatic rings. The summed E-state index contributed by atoms with van der Waals surface area (Å²) in [5.74, 6) is 0. The van der Waals surface area contributed by atoms with Gasteiger partial charge in [-0.05, 0) is 178 Å². The summed E-state index contributed by atoms with van der Waals surface area (Å²) in [6.45, 7) is 20.9. The number of hydrogen-bond donors (Lipinski definition) is 0. The number of nitrogens with zero attached hydrogens (tertiary/aromatic N) is 3. The van der Waals surface area contributed by atoms with Crippen molar-refractivity contribution in [1.82, 2.24) is 9.13 Å². The molecule has 0 unspecified atom stereocenters. The quantitative estimate of drug-likeness (QED) is 0.117. The first-order valence-corrected chi connectivity index (χ1v) is 35.2. The normalized spacial score (nSPS) is 13.1. The van der Waals surface area contributed by atoms with Crippen molar-refractivity contribution in [3.63, 3.8) is 0 Å². The van der Waals surface area contributed by atoms with Crippen LogP contribution < -0.4 is 21.3 Å². The van der Waals surface area contributed by atoms with E-state index >= 15 is 0 Å². The Balaban J connectivity index is 0.973. The van der Waals surface area contributed by atoms with Crippen LogP contribution in [0.15, 0.2) is 295 Å². The molecular formula is C92H74BN3S. The number of aromatic nitrogens is 2. The molecule has 97 heavy (non-hydrogen) atoms.